The standard InChI is InChI=1S/C16H18N2/c1-12-4-2-3-5-14(12)11-18-9-8-13-10-15(17)6-7-16(13)18/h2-7,10H,8-9,11,17H2,1H3. The average molecular weight is 238 g/mol. The normalized spacial score (nSPS) is 13.7. The van der Waals surface area contributed by atoms with Crippen molar-refractivity contribution < 1.29 is 0 Å². The average Bonchev–Trinajstić information content (AvgIpc) is 2.74. The van der Waals surface area contributed by atoms with Crippen LogP contribution in [0.2, 0.25) is 0 Å². The van der Waals surface area contributed by atoms with Gasteiger partial charge in [0.25, 0.3) is 0 Å². The summed E-state index contributed by atoms with van der Waals surface area (Å²) in [5.41, 5.74) is 12.2. The molecular weight excluding hydrogens is 220 g/mol. The van der Waals surface area contributed by atoms with Crippen molar-refractivity contribution in [3.8, 4) is 0 Å². The number of hydrogen-bond donors (Lipinski definition) is 1. The van der Waals surface area contributed by atoms with E-state index in [9.17, 15) is 0 Å². The number of nitrogens with two attached hydrogens (primary N) is 1. The molecule has 0 aliphatic carbocycles. The molecule has 0 spiro atoms. The van der Waals surface area contributed by atoms with Crippen molar-refractivity contribution in [2.75, 3.05) is 17.2 Å². The Bertz CT molecular complexity index is 575. The van der Waals surface area contributed by atoms with Crippen molar-refractivity contribution in [2.45, 2.75) is 19.9 Å². The molecule has 3 rings (SSSR count). The Hall–Kier alpha value is -1.96. The molecule has 0 aromatic heterocycles. The summed E-state index contributed by atoms with van der Waals surface area (Å²) < 4.78 is 0. The van der Waals surface area contributed by atoms with Gasteiger partial charge in [0.05, 0.1) is 0 Å². The number of hydrogen-bond acceptors (Lipinski definition) is 2. The monoisotopic (exact) mass is 238 g/mol. The highest BCUT2D eigenvalue weighted by Gasteiger charge is 2.19. The van der Waals surface area contributed by atoms with E-state index < -0.39 is 0 Å². The number of nitrogen functional groups attached to an aromatic ring is 1. The maximum absolute atomic E-state index is 5.83. The van der Waals surface area contributed by atoms with Crippen LogP contribution < -0.4 is 10.6 Å². The Morgan fingerprint density at radius 1 is 1.17 bits per heavy atom. The van der Waals surface area contributed by atoms with Crippen molar-refractivity contribution in [3.05, 3.63) is 59.2 Å². The third kappa shape index (κ3) is 1.94. The van der Waals surface area contributed by atoms with E-state index in [1.807, 2.05) is 6.07 Å². The smallest absolute Gasteiger partial charge is 0.0432 e. The van der Waals surface area contributed by atoms with E-state index in [0.29, 0.717) is 0 Å². The molecule has 0 unspecified atom stereocenters. The Balaban J connectivity index is 1.87. The molecular formula is C16H18N2. The lowest BCUT2D eigenvalue weighted by atomic mass is 10.1. The van der Waals surface area contributed by atoms with E-state index in [2.05, 4.69) is 48.2 Å². The lowest BCUT2D eigenvalue weighted by molar-refractivity contribution is 0.831. The quantitative estimate of drug-likeness (QED) is 0.814. The number of benzene rings is 2. The maximum Gasteiger partial charge on any atom is 0.0432 e. The summed E-state index contributed by atoms with van der Waals surface area (Å²) in [5.74, 6) is 0. The fraction of sp³-hybridized carbons (Fsp3) is 0.250. The zero-order valence-electron chi connectivity index (χ0n) is 10.7. The summed E-state index contributed by atoms with van der Waals surface area (Å²) >= 11 is 0. The molecule has 0 radical (unpaired) electrons. The minimum atomic E-state index is 0.867. The van der Waals surface area contributed by atoms with Gasteiger partial charge in [-0.3, -0.25) is 0 Å². The van der Waals surface area contributed by atoms with Gasteiger partial charge in [-0.1, -0.05) is 24.3 Å². The van der Waals surface area contributed by atoms with Gasteiger partial charge in [0.1, 0.15) is 0 Å². The summed E-state index contributed by atoms with van der Waals surface area (Å²) in [5, 5.41) is 0. The molecule has 0 fully saturated rings. The molecule has 2 aromatic carbocycles. The highest BCUT2D eigenvalue weighted by atomic mass is 15.1. The number of rotatable bonds is 2. The number of aryl methyl sites for hydroxylation is 1. The van der Waals surface area contributed by atoms with Crippen molar-refractivity contribution in [3.63, 3.8) is 0 Å². The van der Waals surface area contributed by atoms with Crippen LogP contribution in [0.25, 0.3) is 0 Å². The first kappa shape index (κ1) is 11.1. The fourth-order valence-electron chi connectivity index (χ4n) is 2.65. The van der Waals surface area contributed by atoms with Gasteiger partial charge in [-0.2, -0.15) is 0 Å². The number of anilines is 2. The molecule has 2 N–H and O–H groups in total. The second kappa shape index (κ2) is 4.37. The Kier molecular flexibility index (Phi) is 2.71. The van der Waals surface area contributed by atoms with Gasteiger partial charge in [0.15, 0.2) is 0 Å². The third-order valence-corrected chi connectivity index (χ3v) is 3.72. The van der Waals surface area contributed by atoms with Crippen LogP contribution in [-0.2, 0) is 13.0 Å². The summed E-state index contributed by atoms with van der Waals surface area (Å²) in [7, 11) is 0. The van der Waals surface area contributed by atoms with Crippen LogP contribution in [0, 0.1) is 6.92 Å². The van der Waals surface area contributed by atoms with Crippen LogP contribution in [0.1, 0.15) is 16.7 Å². The number of fused-ring (bicyclic) bond motifs is 1. The van der Waals surface area contributed by atoms with Gasteiger partial charge in [-0.05, 0) is 48.2 Å². The van der Waals surface area contributed by atoms with Crippen LogP contribution >= 0.6 is 0 Å². The molecule has 0 amide bonds. The first-order chi connectivity index (χ1) is 8.74. The molecule has 18 heavy (non-hydrogen) atoms. The van der Waals surface area contributed by atoms with Crippen molar-refractivity contribution >= 4 is 11.4 Å². The molecule has 0 saturated heterocycles. The second-order valence-corrected chi connectivity index (χ2v) is 4.99. The topological polar surface area (TPSA) is 29.3 Å². The van der Waals surface area contributed by atoms with Gasteiger partial charge in [0.2, 0.25) is 0 Å². The lowest BCUT2D eigenvalue weighted by Gasteiger charge is -2.20. The summed E-state index contributed by atoms with van der Waals surface area (Å²) in [6, 6.07) is 14.8. The van der Waals surface area contributed by atoms with Gasteiger partial charge < -0.3 is 10.6 Å². The summed E-state index contributed by atoms with van der Waals surface area (Å²) in [4.78, 5) is 2.44. The van der Waals surface area contributed by atoms with Crippen LogP contribution in [0.15, 0.2) is 42.5 Å². The molecule has 0 bridgehead atoms. The van der Waals surface area contributed by atoms with E-state index in [4.69, 9.17) is 5.73 Å². The minimum Gasteiger partial charge on any atom is -0.399 e. The van der Waals surface area contributed by atoms with E-state index in [-0.39, 0.29) is 0 Å². The molecule has 2 heteroatoms. The largest absolute Gasteiger partial charge is 0.399 e. The highest BCUT2D eigenvalue weighted by molar-refractivity contribution is 5.63. The van der Waals surface area contributed by atoms with Gasteiger partial charge >= 0.3 is 0 Å². The SMILES string of the molecule is Cc1ccccc1CN1CCc2cc(N)ccc21. The van der Waals surface area contributed by atoms with Crippen LogP contribution in [-0.4, -0.2) is 6.54 Å². The van der Waals surface area contributed by atoms with Crippen LogP contribution in [0.3, 0.4) is 0 Å². The Morgan fingerprint density at radius 2 is 2.00 bits per heavy atom. The molecule has 0 atom stereocenters. The molecule has 1 aliphatic heterocycles. The van der Waals surface area contributed by atoms with E-state index in [1.54, 1.807) is 0 Å². The highest BCUT2D eigenvalue weighted by Crippen LogP contribution is 2.31. The fourth-order valence-corrected chi connectivity index (χ4v) is 2.65. The minimum absolute atomic E-state index is 0.867. The van der Waals surface area contributed by atoms with E-state index in [0.717, 1.165) is 25.2 Å². The van der Waals surface area contributed by atoms with E-state index in [1.165, 1.54) is 22.4 Å². The summed E-state index contributed by atoms with van der Waals surface area (Å²) in [6.07, 6.45) is 1.10. The molecule has 92 valence electrons. The van der Waals surface area contributed by atoms with Gasteiger partial charge in [-0.25, -0.2) is 0 Å². The Labute approximate surface area is 108 Å². The Morgan fingerprint density at radius 3 is 2.83 bits per heavy atom. The van der Waals surface area contributed by atoms with Gasteiger partial charge in [-0.15, -0.1) is 0 Å². The second-order valence-electron chi connectivity index (χ2n) is 4.99. The lowest BCUT2D eigenvalue weighted by Crippen LogP contribution is -2.20. The zero-order chi connectivity index (χ0) is 12.5. The van der Waals surface area contributed by atoms with Crippen molar-refractivity contribution in [1.29, 1.82) is 0 Å². The maximum atomic E-state index is 5.83. The molecule has 2 nitrogen and oxygen atoms in total. The van der Waals surface area contributed by atoms with Crippen molar-refractivity contribution in [2.24, 2.45) is 0 Å². The van der Waals surface area contributed by atoms with Crippen LogP contribution in [0.5, 0.6) is 0 Å². The van der Waals surface area contributed by atoms with Gasteiger partial charge in [0, 0.05) is 24.5 Å². The number of nitrogens with zero attached hydrogens (tertiary/aromatic N) is 1. The third-order valence-electron chi connectivity index (χ3n) is 3.72. The predicted molar refractivity (Wildman–Crippen MR) is 76.8 cm³/mol. The van der Waals surface area contributed by atoms with Crippen molar-refractivity contribution in [1.82, 2.24) is 0 Å². The first-order valence-corrected chi connectivity index (χ1v) is 6.42. The summed E-state index contributed by atoms with van der Waals surface area (Å²) in [6.45, 7) is 4.26. The molecule has 0 saturated carbocycles. The molecule has 1 aliphatic rings. The zero-order valence-corrected chi connectivity index (χ0v) is 10.7. The molecule has 2 aromatic rings. The predicted octanol–water partition coefficient (Wildman–Crippen LogP) is 3.14. The van der Waals surface area contributed by atoms with Crippen LogP contribution in [0.4, 0.5) is 11.4 Å². The van der Waals surface area contributed by atoms with E-state index >= 15 is 0 Å². The molecule has 1 heterocycles. The first-order valence-electron chi connectivity index (χ1n) is 6.42.